The molecule has 9 heteroatoms. The lowest BCUT2D eigenvalue weighted by Crippen LogP contribution is -2.45. The summed E-state index contributed by atoms with van der Waals surface area (Å²) < 4.78 is 15.8. The van der Waals surface area contributed by atoms with Gasteiger partial charge in [0.1, 0.15) is 17.5 Å². The minimum Gasteiger partial charge on any atom is -0.312 e. The zero-order valence-electron chi connectivity index (χ0n) is 23.2. The van der Waals surface area contributed by atoms with Gasteiger partial charge in [0.2, 0.25) is 0 Å². The van der Waals surface area contributed by atoms with E-state index in [9.17, 15) is 9.18 Å². The molecule has 2 aliphatic rings. The van der Waals surface area contributed by atoms with Crippen LogP contribution in [0.5, 0.6) is 0 Å². The van der Waals surface area contributed by atoms with Crippen LogP contribution in [0.25, 0.3) is 0 Å². The van der Waals surface area contributed by atoms with Gasteiger partial charge in [-0.25, -0.2) is 9.18 Å². The second kappa shape index (κ2) is 11.6. The summed E-state index contributed by atoms with van der Waals surface area (Å²) in [7, 11) is 0. The first-order valence-corrected chi connectivity index (χ1v) is 14.4. The first-order chi connectivity index (χ1) is 18.7. The lowest BCUT2D eigenvalue weighted by Gasteiger charge is -2.40. The van der Waals surface area contributed by atoms with Gasteiger partial charge in [-0.15, -0.1) is 10.2 Å². The highest BCUT2D eigenvalue weighted by Crippen LogP contribution is 2.42. The molecule has 0 radical (unpaired) electrons. The highest BCUT2D eigenvalue weighted by molar-refractivity contribution is 6.31. The van der Waals surface area contributed by atoms with Crippen molar-refractivity contribution in [2.45, 2.75) is 83.8 Å². The Bertz CT molecular complexity index is 1300. The first-order valence-electron chi connectivity index (χ1n) is 14.0. The van der Waals surface area contributed by atoms with Crippen LogP contribution in [0.1, 0.15) is 75.1 Å². The standard InChI is InChI=1S/C30H38ClFN6O/c1-19(2)29-35-34-21(4)38(29)27-16-24-12-13-25(17-27)36(24)14-5-15-37(26-11-6-20(3)28(31)18-26)30(39)33-23-9-7-22(32)8-10-23/h6-11,18-19,24-25,27H,5,12-17H2,1-4H3,(H,33,39)/t24-,25+,27?. The van der Waals surface area contributed by atoms with Crippen LogP contribution in [0.4, 0.5) is 20.6 Å². The number of piperidine rings is 1. The molecule has 1 unspecified atom stereocenters. The molecule has 1 aromatic heterocycles. The molecule has 0 spiro atoms. The molecule has 7 nitrogen and oxygen atoms in total. The van der Waals surface area contributed by atoms with E-state index in [0.29, 0.717) is 41.3 Å². The van der Waals surface area contributed by atoms with Gasteiger partial charge in [-0.3, -0.25) is 9.80 Å². The third-order valence-electron chi connectivity index (χ3n) is 8.24. The van der Waals surface area contributed by atoms with E-state index in [0.717, 1.165) is 48.7 Å². The zero-order valence-corrected chi connectivity index (χ0v) is 24.0. The van der Waals surface area contributed by atoms with Crippen LogP contribution in [-0.2, 0) is 0 Å². The van der Waals surface area contributed by atoms with Crippen LogP contribution in [0.3, 0.4) is 0 Å². The van der Waals surface area contributed by atoms with Crippen LogP contribution in [0.2, 0.25) is 5.02 Å². The predicted octanol–water partition coefficient (Wildman–Crippen LogP) is 7.11. The van der Waals surface area contributed by atoms with Crippen LogP contribution >= 0.6 is 11.6 Å². The molecular formula is C30H38ClFN6O. The van der Waals surface area contributed by atoms with E-state index >= 15 is 0 Å². The highest BCUT2D eigenvalue weighted by Gasteiger charge is 2.42. The van der Waals surface area contributed by atoms with Crippen molar-refractivity contribution >= 4 is 29.0 Å². The molecule has 208 valence electrons. The zero-order chi connectivity index (χ0) is 27.7. The number of hydrogen-bond acceptors (Lipinski definition) is 4. The number of halogens is 2. The molecule has 2 saturated heterocycles. The third-order valence-corrected chi connectivity index (χ3v) is 8.65. The second-order valence-corrected chi connectivity index (χ2v) is 11.7. The van der Waals surface area contributed by atoms with Crippen molar-refractivity contribution in [2.75, 3.05) is 23.3 Å². The summed E-state index contributed by atoms with van der Waals surface area (Å²) in [5.74, 6) is 2.11. The Labute approximate surface area is 235 Å². The molecule has 2 fully saturated rings. The van der Waals surface area contributed by atoms with E-state index in [4.69, 9.17) is 11.6 Å². The van der Waals surface area contributed by atoms with Crippen LogP contribution in [0, 0.1) is 19.7 Å². The third kappa shape index (κ3) is 5.97. The molecule has 39 heavy (non-hydrogen) atoms. The number of anilines is 2. The Balaban J connectivity index is 1.26. The number of amides is 2. The molecule has 3 heterocycles. The summed E-state index contributed by atoms with van der Waals surface area (Å²) >= 11 is 6.42. The maximum absolute atomic E-state index is 13.4. The van der Waals surface area contributed by atoms with Crippen molar-refractivity contribution in [3.8, 4) is 0 Å². The lowest BCUT2D eigenvalue weighted by molar-refractivity contribution is 0.104. The molecule has 2 bridgehead atoms. The molecule has 0 saturated carbocycles. The summed E-state index contributed by atoms with van der Waals surface area (Å²) in [6.07, 6.45) is 5.47. The topological polar surface area (TPSA) is 66.3 Å². The largest absolute Gasteiger partial charge is 0.326 e. The van der Waals surface area contributed by atoms with Crippen molar-refractivity contribution in [3.63, 3.8) is 0 Å². The van der Waals surface area contributed by atoms with Gasteiger partial charge >= 0.3 is 6.03 Å². The van der Waals surface area contributed by atoms with Gasteiger partial charge in [0.15, 0.2) is 0 Å². The number of carbonyl (C=O) groups is 1. The van der Waals surface area contributed by atoms with Crippen molar-refractivity contribution in [2.24, 2.45) is 0 Å². The molecule has 2 aliphatic heterocycles. The number of aryl methyl sites for hydroxylation is 2. The fraction of sp³-hybridized carbons (Fsp3) is 0.500. The first kappa shape index (κ1) is 27.6. The average molecular weight is 553 g/mol. The van der Waals surface area contributed by atoms with E-state index < -0.39 is 0 Å². The molecule has 1 N–H and O–H groups in total. The van der Waals surface area contributed by atoms with Crippen LogP contribution in [-0.4, -0.2) is 50.9 Å². The summed E-state index contributed by atoms with van der Waals surface area (Å²) in [5, 5.41) is 12.4. The van der Waals surface area contributed by atoms with Gasteiger partial charge in [0, 0.05) is 53.5 Å². The van der Waals surface area contributed by atoms with Crippen molar-refractivity contribution in [3.05, 3.63) is 70.5 Å². The number of benzene rings is 2. The molecule has 2 amide bonds. The van der Waals surface area contributed by atoms with Gasteiger partial charge in [0.25, 0.3) is 0 Å². The quantitative estimate of drug-likeness (QED) is 0.323. The number of rotatable bonds is 8. The van der Waals surface area contributed by atoms with Crippen molar-refractivity contribution in [1.82, 2.24) is 19.7 Å². The van der Waals surface area contributed by atoms with E-state index in [1.807, 2.05) is 25.1 Å². The SMILES string of the molecule is Cc1ccc(N(CCCN2[C@@H]3CC[C@H]2CC(n2c(C)nnc2C(C)C)C3)C(=O)Nc2ccc(F)cc2)cc1Cl. The maximum Gasteiger partial charge on any atom is 0.326 e. The second-order valence-electron chi connectivity index (χ2n) is 11.3. The van der Waals surface area contributed by atoms with Gasteiger partial charge < -0.3 is 9.88 Å². The van der Waals surface area contributed by atoms with Gasteiger partial charge in [-0.1, -0.05) is 31.5 Å². The maximum atomic E-state index is 13.4. The summed E-state index contributed by atoms with van der Waals surface area (Å²) in [6, 6.07) is 12.8. The van der Waals surface area contributed by atoms with Crippen LogP contribution < -0.4 is 10.2 Å². The minimum atomic E-state index is -0.339. The Morgan fingerprint density at radius 1 is 1.08 bits per heavy atom. The van der Waals surface area contributed by atoms with Gasteiger partial charge in [0.05, 0.1) is 0 Å². The Morgan fingerprint density at radius 3 is 2.41 bits per heavy atom. The summed E-state index contributed by atoms with van der Waals surface area (Å²) in [6.45, 7) is 9.86. The molecule has 5 rings (SSSR count). The smallest absolute Gasteiger partial charge is 0.312 e. The van der Waals surface area contributed by atoms with E-state index in [-0.39, 0.29) is 11.8 Å². The lowest BCUT2D eigenvalue weighted by atomic mass is 9.96. The molecule has 2 aromatic carbocycles. The number of hydrogen-bond donors (Lipinski definition) is 1. The molecule has 3 atom stereocenters. The Hall–Kier alpha value is -2.97. The molecule has 3 aromatic rings. The number of nitrogens with one attached hydrogen (secondary N) is 1. The van der Waals surface area contributed by atoms with E-state index in [2.05, 4.69) is 45.8 Å². The summed E-state index contributed by atoms with van der Waals surface area (Å²) in [4.78, 5) is 17.8. The van der Waals surface area contributed by atoms with E-state index in [1.54, 1.807) is 17.0 Å². The fourth-order valence-corrected chi connectivity index (χ4v) is 6.46. The number of aromatic nitrogens is 3. The summed E-state index contributed by atoms with van der Waals surface area (Å²) in [5.41, 5.74) is 2.26. The minimum absolute atomic E-state index is 0.257. The molecular weight excluding hydrogens is 515 g/mol. The van der Waals surface area contributed by atoms with E-state index in [1.165, 1.54) is 25.0 Å². The van der Waals surface area contributed by atoms with Crippen molar-refractivity contribution in [1.29, 1.82) is 0 Å². The average Bonchev–Trinajstić information content (AvgIpc) is 3.40. The Kier molecular flexibility index (Phi) is 8.24. The normalized spacial score (nSPS) is 20.9. The molecule has 0 aliphatic carbocycles. The Morgan fingerprint density at radius 2 is 1.77 bits per heavy atom. The van der Waals surface area contributed by atoms with Gasteiger partial charge in [-0.2, -0.15) is 0 Å². The van der Waals surface area contributed by atoms with Crippen molar-refractivity contribution < 1.29 is 9.18 Å². The number of fused-ring (bicyclic) bond motifs is 2. The number of nitrogens with zero attached hydrogens (tertiary/aromatic N) is 5. The van der Waals surface area contributed by atoms with Gasteiger partial charge in [-0.05, 0) is 87.9 Å². The number of urea groups is 1. The monoisotopic (exact) mass is 552 g/mol. The highest BCUT2D eigenvalue weighted by atomic mass is 35.5. The predicted molar refractivity (Wildman–Crippen MR) is 154 cm³/mol. The fourth-order valence-electron chi connectivity index (χ4n) is 6.29. The number of carbonyl (C=O) groups excluding carboxylic acids is 1. The van der Waals surface area contributed by atoms with Crippen LogP contribution in [0.15, 0.2) is 42.5 Å².